The number of likely N-dealkylation sites (N-methyl/N-ethyl adjacent to an activating group) is 1. The molecular formula is C6H11N2OS. The maximum absolute atomic E-state index is 10.0. The summed E-state index contributed by atoms with van der Waals surface area (Å²) in [4.78, 5) is 12.2. The Hall–Kier alpha value is -0.0600. The second-order valence-corrected chi connectivity index (χ2v) is 3.17. The van der Waals surface area contributed by atoms with Gasteiger partial charge in [-0.2, -0.15) is 0 Å². The summed E-state index contributed by atoms with van der Waals surface area (Å²) in [6.07, 6.45) is 0. The number of hydrogen-bond donors (Lipinski definition) is 0. The van der Waals surface area contributed by atoms with E-state index in [9.17, 15) is 4.79 Å². The van der Waals surface area contributed by atoms with Crippen LogP contribution in [-0.2, 0) is 4.79 Å². The Bertz CT molecular complexity index is 112. The van der Waals surface area contributed by atoms with Gasteiger partial charge in [0.15, 0.2) is 5.62 Å². The predicted molar refractivity (Wildman–Crippen MR) is 42.8 cm³/mol. The van der Waals surface area contributed by atoms with Gasteiger partial charge in [-0.15, -0.1) is 0 Å². The molecule has 57 valence electrons. The summed E-state index contributed by atoms with van der Waals surface area (Å²) < 4.78 is 2.03. The van der Waals surface area contributed by atoms with Crippen LogP contribution in [0.4, 0.5) is 0 Å². The van der Waals surface area contributed by atoms with Crippen molar-refractivity contribution in [3.8, 4) is 0 Å². The van der Waals surface area contributed by atoms with Gasteiger partial charge in [0.2, 0.25) is 0 Å². The SMILES string of the molecule is CN1[CH]CN(SC=O)CC1. The molecule has 0 N–H and O–H groups in total. The first-order valence-corrected chi connectivity index (χ1v) is 4.05. The third-order valence-corrected chi connectivity index (χ3v) is 2.21. The zero-order chi connectivity index (χ0) is 7.40. The van der Waals surface area contributed by atoms with Crippen LogP contribution < -0.4 is 0 Å². The van der Waals surface area contributed by atoms with Crippen LogP contribution in [0.5, 0.6) is 0 Å². The number of carbonyl (C=O) groups is 1. The summed E-state index contributed by atoms with van der Waals surface area (Å²) in [6, 6.07) is 0. The highest BCUT2D eigenvalue weighted by atomic mass is 32.2. The molecule has 0 aromatic carbocycles. The first kappa shape index (κ1) is 8.04. The van der Waals surface area contributed by atoms with Crippen LogP contribution in [0.1, 0.15) is 0 Å². The molecule has 0 bridgehead atoms. The van der Waals surface area contributed by atoms with Crippen molar-refractivity contribution < 1.29 is 4.79 Å². The fourth-order valence-corrected chi connectivity index (χ4v) is 1.30. The van der Waals surface area contributed by atoms with E-state index >= 15 is 0 Å². The molecule has 1 saturated heterocycles. The number of carbonyl (C=O) groups excluding carboxylic acids is 1. The zero-order valence-corrected chi connectivity index (χ0v) is 6.80. The van der Waals surface area contributed by atoms with Gasteiger partial charge in [-0.05, 0) is 19.0 Å². The summed E-state index contributed by atoms with van der Waals surface area (Å²) in [6.45, 7) is 4.94. The van der Waals surface area contributed by atoms with E-state index in [4.69, 9.17) is 0 Å². The van der Waals surface area contributed by atoms with Crippen LogP contribution in [0.25, 0.3) is 0 Å². The third-order valence-electron chi connectivity index (χ3n) is 1.49. The number of nitrogens with zero attached hydrogens (tertiary/aromatic N) is 2. The molecule has 0 spiro atoms. The van der Waals surface area contributed by atoms with Crippen LogP contribution in [0.3, 0.4) is 0 Å². The van der Waals surface area contributed by atoms with E-state index in [1.54, 1.807) is 0 Å². The summed E-state index contributed by atoms with van der Waals surface area (Å²) >= 11 is 1.25. The predicted octanol–water partition coefficient (Wildman–Crippen LogP) is 0.234. The van der Waals surface area contributed by atoms with Crippen molar-refractivity contribution >= 4 is 17.6 Å². The van der Waals surface area contributed by atoms with Crippen molar-refractivity contribution in [3.05, 3.63) is 6.54 Å². The number of hydrogen-bond acceptors (Lipinski definition) is 4. The third kappa shape index (κ3) is 2.28. The maximum Gasteiger partial charge on any atom is 0.191 e. The summed E-state index contributed by atoms with van der Waals surface area (Å²) in [7, 11) is 2.04. The molecule has 0 aliphatic carbocycles. The summed E-state index contributed by atoms with van der Waals surface area (Å²) in [5.74, 6) is 0. The molecule has 1 aliphatic rings. The highest BCUT2D eigenvalue weighted by Gasteiger charge is 2.13. The van der Waals surface area contributed by atoms with Gasteiger partial charge in [0, 0.05) is 26.2 Å². The van der Waals surface area contributed by atoms with Gasteiger partial charge in [-0.1, -0.05) is 0 Å². The standard InChI is InChI=1S/C6H11N2OS/c1-7-2-4-8(5-3-7)10-6-9/h2,6H,3-5H2,1H3. The molecule has 3 nitrogen and oxygen atoms in total. The Balaban J connectivity index is 2.19. The molecule has 1 heterocycles. The van der Waals surface area contributed by atoms with E-state index in [1.807, 2.05) is 11.4 Å². The van der Waals surface area contributed by atoms with Crippen molar-refractivity contribution in [1.29, 1.82) is 0 Å². The van der Waals surface area contributed by atoms with E-state index < -0.39 is 0 Å². The van der Waals surface area contributed by atoms with E-state index in [-0.39, 0.29) is 0 Å². The molecule has 4 heteroatoms. The second-order valence-electron chi connectivity index (χ2n) is 2.25. The van der Waals surface area contributed by atoms with Crippen LogP contribution in [0.2, 0.25) is 0 Å². The lowest BCUT2D eigenvalue weighted by Crippen LogP contribution is -2.37. The summed E-state index contributed by atoms with van der Waals surface area (Å²) in [5.41, 5.74) is 0.874. The van der Waals surface area contributed by atoms with Crippen molar-refractivity contribution in [2.24, 2.45) is 0 Å². The molecule has 0 amide bonds. The van der Waals surface area contributed by atoms with Crippen LogP contribution in [0.15, 0.2) is 0 Å². The van der Waals surface area contributed by atoms with Crippen molar-refractivity contribution in [1.82, 2.24) is 9.21 Å². The Morgan fingerprint density at radius 3 is 2.90 bits per heavy atom. The van der Waals surface area contributed by atoms with Crippen LogP contribution in [-0.4, -0.2) is 41.5 Å². The lowest BCUT2D eigenvalue weighted by Gasteiger charge is -2.29. The normalized spacial score (nSPS) is 22.9. The molecule has 10 heavy (non-hydrogen) atoms. The molecule has 1 rings (SSSR count). The maximum atomic E-state index is 10.0. The fraction of sp³-hybridized carbons (Fsp3) is 0.667. The fourth-order valence-electron chi connectivity index (χ4n) is 0.839. The number of piperazine rings is 1. The Kier molecular flexibility index (Phi) is 3.18. The smallest absolute Gasteiger partial charge is 0.191 e. The molecule has 0 aromatic rings. The average molecular weight is 159 g/mol. The van der Waals surface area contributed by atoms with Crippen molar-refractivity contribution in [3.63, 3.8) is 0 Å². The molecule has 0 unspecified atom stereocenters. The zero-order valence-electron chi connectivity index (χ0n) is 5.99. The lowest BCUT2D eigenvalue weighted by atomic mass is 10.4. The quantitative estimate of drug-likeness (QED) is 0.425. The Labute approximate surface area is 65.5 Å². The summed E-state index contributed by atoms with van der Waals surface area (Å²) in [5, 5.41) is 0. The molecule has 1 radical (unpaired) electrons. The minimum atomic E-state index is 0.874. The average Bonchev–Trinajstić information content (AvgIpc) is 1.95. The van der Waals surface area contributed by atoms with E-state index in [0.717, 1.165) is 25.3 Å². The monoisotopic (exact) mass is 159 g/mol. The van der Waals surface area contributed by atoms with Gasteiger partial charge in [0.1, 0.15) is 0 Å². The molecule has 0 aromatic heterocycles. The van der Waals surface area contributed by atoms with E-state index in [0.29, 0.717) is 0 Å². The van der Waals surface area contributed by atoms with Crippen LogP contribution >= 0.6 is 11.9 Å². The van der Waals surface area contributed by atoms with Crippen molar-refractivity contribution in [2.45, 2.75) is 0 Å². The van der Waals surface area contributed by atoms with Crippen LogP contribution in [0, 0.1) is 6.54 Å². The van der Waals surface area contributed by atoms with Crippen molar-refractivity contribution in [2.75, 3.05) is 26.7 Å². The van der Waals surface area contributed by atoms with E-state index in [2.05, 4.69) is 11.4 Å². The number of rotatable bonds is 2. The molecule has 1 fully saturated rings. The second kappa shape index (κ2) is 3.95. The van der Waals surface area contributed by atoms with E-state index in [1.165, 1.54) is 11.9 Å². The van der Waals surface area contributed by atoms with Gasteiger partial charge >= 0.3 is 0 Å². The Morgan fingerprint density at radius 1 is 1.60 bits per heavy atom. The topological polar surface area (TPSA) is 23.6 Å². The van der Waals surface area contributed by atoms with Gasteiger partial charge in [0.05, 0.1) is 0 Å². The highest BCUT2D eigenvalue weighted by Crippen LogP contribution is 2.10. The molecule has 1 aliphatic heterocycles. The van der Waals surface area contributed by atoms with Gasteiger partial charge in [-0.25, -0.2) is 4.31 Å². The minimum Gasteiger partial charge on any atom is -0.299 e. The first-order chi connectivity index (χ1) is 4.83. The lowest BCUT2D eigenvalue weighted by molar-refractivity contribution is 0.285. The first-order valence-electron chi connectivity index (χ1n) is 3.22. The van der Waals surface area contributed by atoms with Gasteiger partial charge in [0.25, 0.3) is 0 Å². The molecule has 0 atom stereocenters. The Morgan fingerprint density at radius 2 is 2.40 bits per heavy atom. The van der Waals surface area contributed by atoms with Gasteiger partial charge in [-0.3, -0.25) is 9.69 Å². The minimum absolute atomic E-state index is 0.874. The van der Waals surface area contributed by atoms with Gasteiger partial charge < -0.3 is 0 Å². The molecular weight excluding hydrogens is 148 g/mol. The highest BCUT2D eigenvalue weighted by molar-refractivity contribution is 8.09. The largest absolute Gasteiger partial charge is 0.299 e. The molecule has 0 saturated carbocycles.